The second-order valence-electron chi connectivity index (χ2n) is 4.84. The molecule has 0 aliphatic carbocycles. The van der Waals surface area contributed by atoms with Crippen molar-refractivity contribution in [2.24, 2.45) is 0 Å². The molecule has 1 unspecified atom stereocenters. The van der Waals surface area contributed by atoms with Crippen molar-refractivity contribution in [1.29, 1.82) is 0 Å². The highest BCUT2D eigenvalue weighted by atomic mass is 16.7. The van der Waals surface area contributed by atoms with Crippen LogP contribution in [0.4, 0.5) is 0 Å². The van der Waals surface area contributed by atoms with Gasteiger partial charge in [-0.3, -0.25) is 0 Å². The van der Waals surface area contributed by atoms with Gasteiger partial charge in [0.1, 0.15) is 0 Å². The molecule has 2 aliphatic heterocycles. The van der Waals surface area contributed by atoms with Crippen LogP contribution in [0.3, 0.4) is 0 Å². The van der Waals surface area contributed by atoms with Crippen LogP contribution >= 0.6 is 0 Å². The molecule has 0 aromatic rings. The van der Waals surface area contributed by atoms with Crippen LogP contribution in [0.15, 0.2) is 0 Å². The molecule has 4 heteroatoms. The second-order valence-corrected chi connectivity index (χ2v) is 4.84. The van der Waals surface area contributed by atoms with Crippen LogP contribution in [0.5, 0.6) is 0 Å². The SMILES string of the molecule is CC(CN1CCCC1)NCC1OCCCO1. The topological polar surface area (TPSA) is 33.7 Å². The number of hydrogen-bond acceptors (Lipinski definition) is 4. The summed E-state index contributed by atoms with van der Waals surface area (Å²) >= 11 is 0. The van der Waals surface area contributed by atoms with E-state index in [0.717, 1.165) is 32.7 Å². The van der Waals surface area contributed by atoms with Gasteiger partial charge in [-0.1, -0.05) is 0 Å². The Balaban J connectivity index is 1.57. The molecular weight excluding hydrogens is 204 g/mol. The predicted octanol–water partition coefficient (Wildman–Crippen LogP) is 0.823. The summed E-state index contributed by atoms with van der Waals surface area (Å²) in [5.41, 5.74) is 0. The van der Waals surface area contributed by atoms with Crippen LogP contribution in [0.2, 0.25) is 0 Å². The van der Waals surface area contributed by atoms with Gasteiger partial charge in [-0.25, -0.2) is 0 Å². The Kier molecular flexibility index (Phi) is 5.03. The summed E-state index contributed by atoms with van der Waals surface area (Å²) < 4.78 is 11.0. The Labute approximate surface area is 98.3 Å². The van der Waals surface area contributed by atoms with Gasteiger partial charge in [0.2, 0.25) is 0 Å². The average Bonchev–Trinajstić information content (AvgIpc) is 2.81. The highest BCUT2D eigenvalue weighted by molar-refractivity contribution is 4.72. The smallest absolute Gasteiger partial charge is 0.169 e. The fourth-order valence-electron chi connectivity index (χ4n) is 2.37. The first-order valence-electron chi connectivity index (χ1n) is 6.53. The monoisotopic (exact) mass is 228 g/mol. The Morgan fingerprint density at radius 2 is 1.88 bits per heavy atom. The molecule has 94 valence electrons. The van der Waals surface area contributed by atoms with Gasteiger partial charge in [-0.15, -0.1) is 0 Å². The Morgan fingerprint density at radius 1 is 1.19 bits per heavy atom. The third kappa shape index (κ3) is 4.01. The fourth-order valence-corrected chi connectivity index (χ4v) is 2.37. The predicted molar refractivity (Wildman–Crippen MR) is 63.4 cm³/mol. The minimum atomic E-state index is -0.0326. The molecule has 0 saturated carbocycles. The average molecular weight is 228 g/mol. The van der Waals surface area contributed by atoms with Crippen molar-refractivity contribution in [3.8, 4) is 0 Å². The van der Waals surface area contributed by atoms with Gasteiger partial charge >= 0.3 is 0 Å². The molecule has 0 aromatic heterocycles. The molecule has 0 bridgehead atoms. The van der Waals surface area contributed by atoms with E-state index in [1.54, 1.807) is 0 Å². The third-order valence-corrected chi connectivity index (χ3v) is 3.26. The van der Waals surface area contributed by atoms with Gasteiger partial charge in [0.15, 0.2) is 6.29 Å². The molecule has 0 amide bonds. The zero-order chi connectivity index (χ0) is 11.2. The second kappa shape index (κ2) is 6.55. The third-order valence-electron chi connectivity index (χ3n) is 3.26. The molecule has 2 fully saturated rings. The van der Waals surface area contributed by atoms with Crippen LogP contribution in [0.25, 0.3) is 0 Å². The van der Waals surface area contributed by atoms with Gasteiger partial charge in [0.05, 0.1) is 13.2 Å². The Bertz CT molecular complexity index is 189. The molecule has 2 saturated heterocycles. The van der Waals surface area contributed by atoms with E-state index < -0.39 is 0 Å². The normalized spacial score (nSPS) is 26.1. The molecule has 1 atom stereocenters. The summed E-state index contributed by atoms with van der Waals surface area (Å²) in [4.78, 5) is 2.53. The standard InChI is InChI=1S/C12H24N2O2/c1-11(10-14-5-2-3-6-14)13-9-12-15-7-4-8-16-12/h11-13H,2-10H2,1H3. The molecule has 2 rings (SSSR count). The van der Waals surface area contributed by atoms with Crippen molar-refractivity contribution in [1.82, 2.24) is 10.2 Å². The van der Waals surface area contributed by atoms with Crippen molar-refractivity contribution < 1.29 is 9.47 Å². The molecule has 16 heavy (non-hydrogen) atoms. The van der Waals surface area contributed by atoms with E-state index in [9.17, 15) is 0 Å². The maximum atomic E-state index is 5.50. The van der Waals surface area contributed by atoms with Crippen molar-refractivity contribution >= 4 is 0 Å². The van der Waals surface area contributed by atoms with Gasteiger partial charge in [0, 0.05) is 19.1 Å². The molecule has 0 radical (unpaired) electrons. The molecular formula is C12H24N2O2. The number of rotatable bonds is 5. The van der Waals surface area contributed by atoms with Crippen molar-refractivity contribution in [2.45, 2.75) is 38.5 Å². The van der Waals surface area contributed by atoms with E-state index in [0.29, 0.717) is 6.04 Å². The molecule has 4 nitrogen and oxygen atoms in total. The summed E-state index contributed by atoms with van der Waals surface area (Å²) in [6.07, 6.45) is 3.72. The van der Waals surface area contributed by atoms with Gasteiger partial charge in [0.25, 0.3) is 0 Å². The summed E-state index contributed by atoms with van der Waals surface area (Å²) in [6.45, 7) is 8.41. The summed E-state index contributed by atoms with van der Waals surface area (Å²) in [6, 6.07) is 0.521. The molecule has 2 heterocycles. The van der Waals surface area contributed by atoms with Crippen molar-refractivity contribution in [3.05, 3.63) is 0 Å². The zero-order valence-corrected chi connectivity index (χ0v) is 10.3. The minimum Gasteiger partial charge on any atom is -0.351 e. The van der Waals surface area contributed by atoms with Crippen LogP contribution < -0.4 is 5.32 Å². The van der Waals surface area contributed by atoms with Gasteiger partial charge in [-0.2, -0.15) is 0 Å². The fraction of sp³-hybridized carbons (Fsp3) is 1.00. The van der Waals surface area contributed by atoms with E-state index in [1.807, 2.05) is 0 Å². The van der Waals surface area contributed by atoms with Gasteiger partial charge in [-0.05, 0) is 39.3 Å². The zero-order valence-electron chi connectivity index (χ0n) is 10.3. The van der Waals surface area contributed by atoms with E-state index >= 15 is 0 Å². The lowest BCUT2D eigenvalue weighted by Gasteiger charge is -2.26. The van der Waals surface area contributed by atoms with Crippen LogP contribution in [0.1, 0.15) is 26.2 Å². The highest BCUT2D eigenvalue weighted by Crippen LogP contribution is 2.08. The lowest BCUT2D eigenvalue weighted by molar-refractivity contribution is -0.175. The number of likely N-dealkylation sites (tertiary alicyclic amines) is 1. The lowest BCUT2D eigenvalue weighted by atomic mass is 10.3. The molecule has 0 aromatic carbocycles. The highest BCUT2D eigenvalue weighted by Gasteiger charge is 2.17. The molecule has 0 spiro atoms. The van der Waals surface area contributed by atoms with E-state index in [1.165, 1.54) is 25.9 Å². The number of hydrogen-bond donors (Lipinski definition) is 1. The largest absolute Gasteiger partial charge is 0.351 e. The number of ether oxygens (including phenoxy) is 2. The minimum absolute atomic E-state index is 0.0326. The summed E-state index contributed by atoms with van der Waals surface area (Å²) in [5, 5.41) is 3.49. The lowest BCUT2D eigenvalue weighted by Crippen LogP contribution is -2.43. The first-order valence-corrected chi connectivity index (χ1v) is 6.53. The number of nitrogens with one attached hydrogen (secondary N) is 1. The van der Waals surface area contributed by atoms with E-state index in [2.05, 4.69) is 17.1 Å². The van der Waals surface area contributed by atoms with E-state index in [-0.39, 0.29) is 6.29 Å². The quantitative estimate of drug-likeness (QED) is 0.755. The number of nitrogens with zero attached hydrogens (tertiary/aromatic N) is 1. The van der Waals surface area contributed by atoms with Crippen LogP contribution in [-0.4, -0.2) is 56.6 Å². The molecule has 1 N–H and O–H groups in total. The van der Waals surface area contributed by atoms with Crippen LogP contribution in [-0.2, 0) is 9.47 Å². The van der Waals surface area contributed by atoms with Crippen molar-refractivity contribution in [2.75, 3.05) is 39.4 Å². The summed E-state index contributed by atoms with van der Waals surface area (Å²) in [7, 11) is 0. The molecule has 2 aliphatic rings. The maximum Gasteiger partial charge on any atom is 0.169 e. The summed E-state index contributed by atoms with van der Waals surface area (Å²) in [5.74, 6) is 0. The Morgan fingerprint density at radius 3 is 2.56 bits per heavy atom. The maximum absolute atomic E-state index is 5.50. The van der Waals surface area contributed by atoms with E-state index in [4.69, 9.17) is 9.47 Å². The Hall–Kier alpha value is -0.160. The van der Waals surface area contributed by atoms with Gasteiger partial charge < -0.3 is 19.7 Å². The van der Waals surface area contributed by atoms with Crippen LogP contribution in [0, 0.1) is 0 Å². The first-order chi connectivity index (χ1) is 7.84. The first kappa shape index (κ1) is 12.3. The van der Waals surface area contributed by atoms with Crippen molar-refractivity contribution in [3.63, 3.8) is 0 Å².